The van der Waals surface area contributed by atoms with Gasteiger partial charge in [0.15, 0.2) is 11.5 Å². The molecular weight excluding hydrogens is 342 g/mol. The molecule has 1 N–H and O–H groups in total. The van der Waals surface area contributed by atoms with Crippen molar-refractivity contribution in [3.8, 4) is 17.2 Å². The minimum absolute atomic E-state index is 0.0820. The van der Waals surface area contributed by atoms with Crippen molar-refractivity contribution >= 4 is 17.5 Å². The van der Waals surface area contributed by atoms with Crippen LogP contribution in [0.3, 0.4) is 0 Å². The normalized spacial score (nSPS) is 10.4. The van der Waals surface area contributed by atoms with Gasteiger partial charge in [-0.05, 0) is 38.1 Å². The topological polar surface area (TPSA) is 59.0 Å². The lowest BCUT2D eigenvalue weighted by Gasteiger charge is -2.18. The van der Waals surface area contributed by atoms with Crippen molar-refractivity contribution in [2.45, 2.75) is 13.8 Å². The van der Waals surface area contributed by atoms with E-state index in [0.29, 0.717) is 25.3 Å². The summed E-state index contributed by atoms with van der Waals surface area (Å²) in [5.41, 5.74) is 1.51. The predicted octanol–water partition coefficient (Wildman–Crippen LogP) is 3.90. The van der Waals surface area contributed by atoms with E-state index in [4.69, 9.17) is 21.1 Å². The SMILES string of the molecule is CCOc1cc(C(=O)N(C)CCOc2ccc(C)cc2)cc(Cl)c1O. The number of rotatable bonds is 7. The van der Waals surface area contributed by atoms with Crippen LogP contribution in [0.15, 0.2) is 36.4 Å². The number of carbonyl (C=O) groups is 1. The van der Waals surface area contributed by atoms with E-state index in [-0.39, 0.29) is 22.4 Å². The van der Waals surface area contributed by atoms with Gasteiger partial charge in [-0.1, -0.05) is 29.3 Å². The lowest BCUT2D eigenvalue weighted by Crippen LogP contribution is -2.30. The van der Waals surface area contributed by atoms with Crippen LogP contribution in [0.4, 0.5) is 0 Å². The number of phenols is 1. The molecule has 0 saturated carbocycles. The zero-order chi connectivity index (χ0) is 18.4. The van der Waals surface area contributed by atoms with Gasteiger partial charge in [-0.2, -0.15) is 0 Å². The highest BCUT2D eigenvalue weighted by atomic mass is 35.5. The lowest BCUT2D eigenvalue weighted by atomic mass is 10.1. The summed E-state index contributed by atoms with van der Waals surface area (Å²) in [6.45, 7) is 4.94. The van der Waals surface area contributed by atoms with Gasteiger partial charge in [0.1, 0.15) is 12.4 Å². The van der Waals surface area contributed by atoms with Crippen LogP contribution in [0.5, 0.6) is 17.2 Å². The Morgan fingerprint density at radius 2 is 1.88 bits per heavy atom. The first-order valence-electron chi connectivity index (χ1n) is 8.02. The molecule has 0 aliphatic rings. The number of nitrogens with zero attached hydrogens (tertiary/aromatic N) is 1. The number of halogens is 1. The Balaban J connectivity index is 1.98. The molecule has 134 valence electrons. The summed E-state index contributed by atoms with van der Waals surface area (Å²) in [6, 6.07) is 10.6. The summed E-state index contributed by atoms with van der Waals surface area (Å²) < 4.78 is 10.9. The second-order valence-electron chi connectivity index (χ2n) is 5.63. The number of aromatic hydroxyl groups is 1. The number of hydrogen-bond acceptors (Lipinski definition) is 4. The molecule has 25 heavy (non-hydrogen) atoms. The lowest BCUT2D eigenvalue weighted by molar-refractivity contribution is 0.0773. The summed E-state index contributed by atoms with van der Waals surface area (Å²) in [7, 11) is 1.68. The number of benzene rings is 2. The largest absolute Gasteiger partial charge is 0.503 e. The molecule has 0 atom stereocenters. The van der Waals surface area contributed by atoms with E-state index in [9.17, 15) is 9.90 Å². The van der Waals surface area contributed by atoms with Crippen LogP contribution in [-0.4, -0.2) is 42.7 Å². The summed E-state index contributed by atoms with van der Waals surface area (Å²) in [5, 5.41) is 9.94. The van der Waals surface area contributed by atoms with Crippen LogP contribution in [0, 0.1) is 6.92 Å². The van der Waals surface area contributed by atoms with Crippen LogP contribution in [0.2, 0.25) is 5.02 Å². The number of phenolic OH excluding ortho intramolecular Hbond substituents is 1. The summed E-state index contributed by atoms with van der Waals surface area (Å²) in [4.78, 5) is 14.1. The number of carbonyl (C=O) groups excluding carboxylic acids is 1. The minimum Gasteiger partial charge on any atom is -0.503 e. The Morgan fingerprint density at radius 3 is 2.52 bits per heavy atom. The molecule has 0 spiro atoms. The maximum Gasteiger partial charge on any atom is 0.253 e. The van der Waals surface area contributed by atoms with Gasteiger partial charge in [0.25, 0.3) is 5.91 Å². The fourth-order valence-electron chi connectivity index (χ4n) is 2.22. The van der Waals surface area contributed by atoms with Gasteiger partial charge >= 0.3 is 0 Å². The molecule has 0 bridgehead atoms. The van der Waals surface area contributed by atoms with E-state index < -0.39 is 0 Å². The maximum absolute atomic E-state index is 12.5. The second-order valence-corrected chi connectivity index (χ2v) is 6.03. The molecule has 2 rings (SSSR count). The number of hydrogen-bond donors (Lipinski definition) is 1. The number of likely N-dealkylation sites (N-methyl/N-ethyl adjacent to an activating group) is 1. The summed E-state index contributed by atoms with van der Waals surface area (Å²) in [6.07, 6.45) is 0. The molecule has 0 radical (unpaired) electrons. The summed E-state index contributed by atoms with van der Waals surface area (Å²) in [5.74, 6) is 0.571. The first-order valence-corrected chi connectivity index (χ1v) is 8.40. The van der Waals surface area contributed by atoms with E-state index in [0.717, 1.165) is 11.3 Å². The first-order chi connectivity index (χ1) is 11.9. The average molecular weight is 364 g/mol. The molecule has 1 amide bonds. The minimum atomic E-state index is -0.227. The zero-order valence-corrected chi connectivity index (χ0v) is 15.3. The molecule has 0 aliphatic carbocycles. The van der Waals surface area contributed by atoms with E-state index in [1.165, 1.54) is 17.0 Å². The Labute approximate surface area is 152 Å². The maximum atomic E-state index is 12.5. The third-order valence-corrected chi connectivity index (χ3v) is 3.93. The molecule has 0 aliphatic heterocycles. The van der Waals surface area contributed by atoms with Crippen LogP contribution < -0.4 is 9.47 Å². The summed E-state index contributed by atoms with van der Waals surface area (Å²) >= 11 is 5.98. The van der Waals surface area contributed by atoms with Crippen molar-refractivity contribution < 1.29 is 19.4 Å². The van der Waals surface area contributed by atoms with Crippen molar-refractivity contribution in [3.63, 3.8) is 0 Å². The smallest absolute Gasteiger partial charge is 0.253 e. The van der Waals surface area contributed by atoms with Crippen molar-refractivity contribution in [3.05, 3.63) is 52.5 Å². The van der Waals surface area contributed by atoms with Gasteiger partial charge in [0.2, 0.25) is 0 Å². The van der Waals surface area contributed by atoms with Gasteiger partial charge in [-0.3, -0.25) is 4.79 Å². The molecule has 2 aromatic rings. The molecule has 0 heterocycles. The Morgan fingerprint density at radius 1 is 1.20 bits per heavy atom. The van der Waals surface area contributed by atoms with Crippen LogP contribution in [0.1, 0.15) is 22.8 Å². The van der Waals surface area contributed by atoms with Crippen LogP contribution in [0.25, 0.3) is 0 Å². The van der Waals surface area contributed by atoms with E-state index in [1.807, 2.05) is 31.2 Å². The number of amides is 1. The van der Waals surface area contributed by atoms with E-state index >= 15 is 0 Å². The van der Waals surface area contributed by atoms with Crippen LogP contribution >= 0.6 is 11.6 Å². The second kappa shape index (κ2) is 8.62. The fourth-order valence-corrected chi connectivity index (χ4v) is 2.43. The molecule has 5 nitrogen and oxygen atoms in total. The van der Waals surface area contributed by atoms with Crippen molar-refractivity contribution in [1.29, 1.82) is 0 Å². The van der Waals surface area contributed by atoms with Gasteiger partial charge in [-0.15, -0.1) is 0 Å². The molecule has 6 heteroatoms. The van der Waals surface area contributed by atoms with E-state index in [1.54, 1.807) is 14.0 Å². The Kier molecular flexibility index (Phi) is 6.53. The van der Waals surface area contributed by atoms with Crippen molar-refractivity contribution in [2.24, 2.45) is 0 Å². The quantitative estimate of drug-likeness (QED) is 0.810. The Hall–Kier alpha value is -2.40. The molecule has 0 unspecified atom stereocenters. The zero-order valence-electron chi connectivity index (χ0n) is 14.6. The van der Waals surface area contributed by atoms with Crippen LogP contribution in [-0.2, 0) is 0 Å². The fraction of sp³-hybridized carbons (Fsp3) is 0.316. The molecule has 0 saturated heterocycles. The molecule has 2 aromatic carbocycles. The predicted molar refractivity (Wildman–Crippen MR) is 97.9 cm³/mol. The van der Waals surface area contributed by atoms with Crippen molar-refractivity contribution in [1.82, 2.24) is 4.90 Å². The highest BCUT2D eigenvalue weighted by Crippen LogP contribution is 2.35. The van der Waals surface area contributed by atoms with Gasteiger partial charge < -0.3 is 19.5 Å². The standard InChI is InChI=1S/C19H22ClNO4/c1-4-24-17-12-14(11-16(20)18(17)22)19(23)21(3)9-10-25-15-7-5-13(2)6-8-15/h5-8,11-12,22H,4,9-10H2,1-3H3. The van der Waals surface area contributed by atoms with Gasteiger partial charge in [-0.25, -0.2) is 0 Å². The molecule has 0 aromatic heterocycles. The van der Waals surface area contributed by atoms with Gasteiger partial charge in [0.05, 0.1) is 18.2 Å². The first kappa shape index (κ1) is 18.9. The monoisotopic (exact) mass is 363 g/mol. The third kappa shape index (κ3) is 5.03. The van der Waals surface area contributed by atoms with Gasteiger partial charge in [0, 0.05) is 12.6 Å². The Bertz CT molecular complexity index is 731. The van der Waals surface area contributed by atoms with Crippen molar-refractivity contribution in [2.75, 3.05) is 26.8 Å². The highest BCUT2D eigenvalue weighted by molar-refractivity contribution is 6.32. The van der Waals surface area contributed by atoms with E-state index in [2.05, 4.69) is 0 Å². The number of ether oxygens (including phenoxy) is 2. The molecule has 0 fully saturated rings. The number of aryl methyl sites for hydroxylation is 1. The highest BCUT2D eigenvalue weighted by Gasteiger charge is 2.17. The third-order valence-electron chi connectivity index (χ3n) is 3.64. The average Bonchev–Trinajstić information content (AvgIpc) is 2.60. The molecular formula is C19H22ClNO4.